The standard InChI is InChI=1S/C23H23FN2O4/c1-3-28-20-11-16-10-14(2)29-19(16)12-18(20)26-22(27)8-9-23-25-13-21(30-23)15-4-6-17(24)7-5-15/h4-7,11-14H,3,8-10H2,1-2H3,(H,26,27). The van der Waals surface area contributed by atoms with E-state index in [2.05, 4.69) is 10.3 Å². The van der Waals surface area contributed by atoms with E-state index in [-0.39, 0.29) is 24.2 Å². The molecule has 6 nitrogen and oxygen atoms in total. The Labute approximate surface area is 174 Å². The van der Waals surface area contributed by atoms with Crippen molar-refractivity contribution in [3.63, 3.8) is 0 Å². The van der Waals surface area contributed by atoms with Crippen LogP contribution in [0.2, 0.25) is 0 Å². The highest BCUT2D eigenvalue weighted by Gasteiger charge is 2.22. The van der Waals surface area contributed by atoms with Crippen molar-refractivity contribution in [2.75, 3.05) is 11.9 Å². The summed E-state index contributed by atoms with van der Waals surface area (Å²) in [4.78, 5) is 16.7. The molecule has 1 N–H and O–H groups in total. The van der Waals surface area contributed by atoms with Gasteiger partial charge in [0.15, 0.2) is 11.7 Å². The van der Waals surface area contributed by atoms with Crippen LogP contribution in [-0.2, 0) is 17.6 Å². The minimum atomic E-state index is -0.312. The zero-order valence-corrected chi connectivity index (χ0v) is 16.9. The molecule has 1 aliphatic rings. The first kappa shape index (κ1) is 19.9. The van der Waals surface area contributed by atoms with Gasteiger partial charge in [0, 0.05) is 36.5 Å². The number of anilines is 1. The van der Waals surface area contributed by atoms with Crippen LogP contribution in [0, 0.1) is 5.82 Å². The first-order chi connectivity index (χ1) is 14.5. The van der Waals surface area contributed by atoms with Gasteiger partial charge in [-0.2, -0.15) is 0 Å². The van der Waals surface area contributed by atoms with Crippen LogP contribution in [0.15, 0.2) is 47.0 Å². The van der Waals surface area contributed by atoms with Crippen LogP contribution >= 0.6 is 0 Å². The van der Waals surface area contributed by atoms with Crippen molar-refractivity contribution in [1.82, 2.24) is 4.98 Å². The van der Waals surface area contributed by atoms with Crippen LogP contribution < -0.4 is 14.8 Å². The van der Waals surface area contributed by atoms with Crippen molar-refractivity contribution < 1.29 is 23.1 Å². The first-order valence-electron chi connectivity index (χ1n) is 9.98. The maximum atomic E-state index is 13.1. The van der Waals surface area contributed by atoms with Gasteiger partial charge in [-0.3, -0.25) is 4.79 Å². The molecule has 1 atom stereocenters. The molecule has 1 unspecified atom stereocenters. The zero-order chi connectivity index (χ0) is 21.1. The fourth-order valence-corrected chi connectivity index (χ4v) is 3.42. The molecule has 1 amide bonds. The highest BCUT2D eigenvalue weighted by molar-refractivity contribution is 5.92. The highest BCUT2D eigenvalue weighted by atomic mass is 19.1. The van der Waals surface area contributed by atoms with Crippen molar-refractivity contribution in [1.29, 1.82) is 0 Å². The van der Waals surface area contributed by atoms with Gasteiger partial charge in [-0.15, -0.1) is 0 Å². The molecular weight excluding hydrogens is 387 g/mol. The van der Waals surface area contributed by atoms with E-state index in [0.29, 0.717) is 36.1 Å². The average molecular weight is 410 g/mol. The van der Waals surface area contributed by atoms with Gasteiger partial charge in [0.25, 0.3) is 0 Å². The lowest BCUT2D eigenvalue weighted by molar-refractivity contribution is -0.116. The van der Waals surface area contributed by atoms with Gasteiger partial charge >= 0.3 is 0 Å². The molecule has 0 aliphatic carbocycles. The Hall–Kier alpha value is -3.35. The fraction of sp³-hybridized carbons (Fsp3) is 0.304. The molecule has 0 fully saturated rings. The normalized spacial score (nSPS) is 14.8. The lowest BCUT2D eigenvalue weighted by atomic mass is 10.1. The maximum absolute atomic E-state index is 13.1. The van der Waals surface area contributed by atoms with Crippen molar-refractivity contribution in [2.45, 2.75) is 39.2 Å². The molecule has 0 spiro atoms. The van der Waals surface area contributed by atoms with Crippen molar-refractivity contribution in [3.05, 3.63) is 59.9 Å². The number of aryl methyl sites for hydroxylation is 1. The second-order valence-electron chi connectivity index (χ2n) is 7.20. The van der Waals surface area contributed by atoms with Crippen LogP contribution in [-0.4, -0.2) is 23.6 Å². The zero-order valence-electron chi connectivity index (χ0n) is 16.9. The lowest BCUT2D eigenvalue weighted by Gasteiger charge is -2.13. The Morgan fingerprint density at radius 2 is 2.10 bits per heavy atom. The van der Waals surface area contributed by atoms with Gasteiger partial charge in [-0.05, 0) is 44.2 Å². The fourth-order valence-electron chi connectivity index (χ4n) is 3.42. The number of aromatic nitrogens is 1. The van der Waals surface area contributed by atoms with E-state index in [0.717, 1.165) is 23.3 Å². The predicted octanol–water partition coefficient (Wildman–Crippen LogP) is 4.77. The summed E-state index contributed by atoms with van der Waals surface area (Å²) >= 11 is 0. The smallest absolute Gasteiger partial charge is 0.224 e. The number of carbonyl (C=O) groups is 1. The van der Waals surface area contributed by atoms with E-state index in [1.165, 1.54) is 12.1 Å². The van der Waals surface area contributed by atoms with E-state index < -0.39 is 0 Å². The topological polar surface area (TPSA) is 73.6 Å². The van der Waals surface area contributed by atoms with Gasteiger partial charge in [0.2, 0.25) is 5.91 Å². The Morgan fingerprint density at radius 3 is 2.87 bits per heavy atom. The second kappa shape index (κ2) is 8.57. The van der Waals surface area contributed by atoms with Crippen molar-refractivity contribution >= 4 is 11.6 Å². The molecule has 30 heavy (non-hydrogen) atoms. The van der Waals surface area contributed by atoms with E-state index in [4.69, 9.17) is 13.9 Å². The van der Waals surface area contributed by atoms with Gasteiger partial charge in [0.1, 0.15) is 23.4 Å². The Kier molecular flexibility index (Phi) is 5.70. The number of ether oxygens (including phenoxy) is 2. The Bertz CT molecular complexity index is 1050. The maximum Gasteiger partial charge on any atom is 0.224 e. The first-order valence-corrected chi connectivity index (χ1v) is 9.98. The molecule has 0 saturated heterocycles. The molecule has 1 aliphatic heterocycles. The summed E-state index contributed by atoms with van der Waals surface area (Å²) in [6.07, 6.45) is 3.05. The predicted molar refractivity (Wildman–Crippen MR) is 110 cm³/mol. The number of nitrogens with zero attached hydrogens (tertiary/aromatic N) is 1. The molecule has 156 valence electrons. The third-order valence-corrected chi connectivity index (χ3v) is 4.82. The number of halogens is 1. The molecule has 2 heterocycles. The average Bonchev–Trinajstić information content (AvgIpc) is 3.33. The number of oxazole rings is 1. The minimum absolute atomic E-state index is 0.112. The van der Waals surface area contributed by atoms with E-state index in [1.54, 1.807) is 18.3 Å². The number of rotatable bonds is 7. The minimum Gasteiger partial charge on any atom is -0.492 e. The van der Waals surface area contributed by atoms with Crippen LogP contribution in [0.3, 0.4) is 0 Å². The van der Waals surface area contributed by atoms with Crippen molar-refractivity contribution in [2.24, 2.45) is 0 Å². The SMILES string of the molecule is CCOc1cc2c(cc1NC(=O)CCc1ncc(-c3ccc(F)cc3)o1)OC(C)C2. The molecule has 0 bridgehead atoms. The molecule has 0 radical (unpaired) electrons. The van der Waals surface area contributed by atoms with E-state index in [1.807, 2.05) is 26.0 Å². The summed E-state index contributed by atoms with van der Waals surface area (Å²) in [5.74, 6) is 1.90. The number of hydrogen-bond acceptors (Lipinski definition) is 5. The van der Waals surface area contributed by atoms with Crippen molar-refractivity contribution in [3.8, 4) is 22.8 Å². The monoisotopic (exact) mass is 410 g/mol. The third-order valence-electron chi connectivity index (χ3n) is 4.82. The summed E-state index contributed by atoms with van der Waals surface area (Å²) in [5, 5.41) is 2.90. The van der Waals surface area contributed by atoms with Gasteiger partial charge in [-0.25, -0.2) is 9.37 Å². The third kappa shape index (κ3) is 4.45. The second-order valence-corrected chi connectivity index (χ2v) is 7.20. The van der Waals surface area contributed by atoms with E-state index >= 15 is 0 Å². The summed E-state index contributed by atoms with van der Waals surface area (Å²) in [6, 6.07) is 9.72. The number of hydrogen-bond donors (Lipinski definition) is 1. The quantitative estimate of drug-likeness (QED) is 0.607. The van der Waals surface area contributed by atoms with Gasteiger partial charge in [-0.1, -0.05) is 0 Å². The summed E-state index contributed by atoms with van der Waals surface area (Å²) in [7, 11) is 0. The van der Waals surface area contributed by atoms with Crippen LogP contribution in [0.5, 0.6) is 11.5 Å². The van der Waals surface area contributed by atoms with Crippen LogP contribution in [0.4, 0.5) is 10.1 Å². The Morgan fingerprint density at radius 1 is 1.30 bits per heavy atom. The molecule has 0 saturated carbocycles. The largest absolute Gasteiger partial charge is 0.492 e. The number of nitrogens with one attached hydrogen (secondary N) is 1. The molecule has 7 heteroatoms. The van der Waals surface area contributed by atoms with E-state index in [9.17, 15) is 9.18 Å². The lowest BCUT2D eigenvalue weighted by Crippen LogP contribution is -2.13. The molecule has 4 rings (SSSR count). The van der Waals surface area contributed by atoms with Crippen LogP contribution in [0.25, 0.3) is 11.3 Å². The van der Waals surface area contributed by atoms with Gasteiger partial charge in [0.05, 0.1) is 18.5 Å². The number of fused-ring (bicyclic) bond motifs is 1. The summed E-state index contributed by atoms with van der Waals surface area (Å²) in [6.45, 7) is 4.41. The highest BCUT2D eigenvalue weighted by Crippen LogP contribution is 2.38. The molecule has 2 aromatic carbocycles. The molecule has 3 aromatic rings. The summed E-state index contributed by atoms with van der Waals surface area (Å²) < 4.78 is 30.2. The molecular formula is C23H23FN2O4. The molecule has 1 aromatic heterocycles. The van der Waals surface area contributed by atoms with Crippen LogP contribution in [0.1, 0.15) is 31.7 Å². The van der Waals surface area contributed by atoms with Gasteiger partial charge < -0.3 is 19.2 Å². The number of benzene rings is 2. The Balaban J connectivity index is 1.40. The number of carbonyl (C=O) groups excluding carboxylic acids is 1. The number of amides is 1. The summed E-state index contributed by atoms with van der Waals surface area (Å²) in [5.41, 5.74) is 2.40.